The van der Waals surface area contributed by atoms with E-state index >= 15 is 0 Å². The lowest BCUT2D eigenvalue weighted by atomic mass is 10.1. The average molecular weight is 205 g/mol. The van der Waals surface area contributed by atoms with E-state index in [-0.39, 0.29) is 6.42 Å². The van der Waals surface area contributed by atoms with Gasteiger partial charge in [-0.25, -0.2) is 0 Å². The average Bonchev–Trinajstić information content (AvgIpc) is 2.20. The third-order valence-corrected chi connectivity index (χ3v) is 2.20. The van der Waals surface area contributed by atoms with Crippen LogP contribution in [0.1, 0.15) is 24.5 Å². The lowest BCUT2D eigenvalue weighted by molar-refractivity contribution is -0.134. The Morgan fingerprint density at radius 3 is 2.47 bits per heavy atom. The minimum atomic E-state index is -0.538. The number of carbonyl (C=O) groups excluding carboxylic acids is 2. The van der Waals surface area contributed by atoms with Crippen LogP contribution in [0.2, 0.25) is 0 Å². The molecular weight excluding hydrogens is 190 g/mol. The number of carbonyl (C=O) groups is 2. The Hall–Kier alpha value is -1.64. The van der Waals surface area contributed by atoms with E-state index in [1.807, 2.05) is 32.0 Å². The third kappa shape index (κ3) is 2.91. The van der Waals surface area contributed by atoms with Crippen molar-refractivity contribution in [2.75, 3.05) is 5.32 Å². The molecule has 1 N–H and O–H groups in total. The molecule has 0 atom stereocenters. The lowest BCUT2D eigenvalue weighted by Gasteiger charge is -2.07. The Balaban J connectivity index is 2.81. The van der Waals surface area contributed by atoms with E-state index in [9.17, 15) is 9.59 Å². The molecular formula is C12H15NO2. The monoisotopic (exact) mass is 205 g/mol. The number of benzene rings is 1. The molecule has 15 heavy (non-hydrogen) atoms. The summed E-state index contributed by atoms with van der Waals surface area (Å²) in [5.41, 5.74) is 2.80. The highest BCUT2D eigenvalue weighted by atomic mass is 16.2. The van der Waals surface area contributed by atoms with Gasteiger partial charge in [-0.1, -0.05) is 24.6 Å². The van der Waals surface area contributed by atoms with Crippen LogP contribution in [-0.2, 0) is 9.59 Å². The number of ketones is 1. The van der Waals surface area contributed by atoms with E-state index in [1.54, 1.807) is 6.92 Å². The zero-order valence-electron chi connectivity index (χ0n) is 9.26. The van der Waals surface area contributed by atoms with Gasteiger partial charge in [0, 0.05) is 12.1 Å². The number of nitrogens with one attached hydrogen (secondary N) is 1. The fourth-order valence-corrected chi connectivity index (χ4v) is 1.31. The van der Waals surface area contributed by atoms with Crippen LogP contribution in [0.4, 0.5) is 5.69 Å². The largest absolute Gasteiger partial charge is 0.319 e. The molecule has 0 aliphatic rings. The molecule has 0 bridgehead atoms. The lowest BCUT2D eigenvalue weighted by Crippen LogP contribution is -2.22. The van der Waals surface area contributed by atoms with Gasteiger partial charge in [0.05, 0.1) is 0 Å². The minimum absolute atomic E-state index is 0.233. The van der Waals surface area contributed by atoms with Crippen LogP contribution in [-0.4, -0.2) is 11.7 Å². The van der Waals surface area contributed by atoms with E-state index in [2.05, 4.69) is 5.32 Å². The molecule has 1 aromatic carbocycles. The second-order valence-electron chi connectivity index (χ2n) is 3.55. The van der Waals surface area contributed by atoms with Crippen LogP contribution in [0.5, 0.6) is 0 Å². The van der Waals surface area contributed by atoms with Gasteiger partial charge in [-0.05, 0) is 25.5 Å². The van der Waals surface area contributed by atoms with Gasteiger partial charge < -0.3 is 5.32 Å². The van der Waals surface area contributed by atoms with Crippen molar-refractivity contribution in [1.29, 1.82) is 0 Å². The topological polar surface area (TPSA) is 46.2 Å². The van der Waals surface area contributed by atoms with Crippen LogP contribution in [0.3, 0.4) is 0 Å². The van der Waals surface area contributed by atoms with Crippen LogP contribution >= 0.6 is 0 Å². The number of hydrogen-bond donors (Lipinski definition) is 1. The predicted octanol–water partition coefficient (Wildman–Crippen LogP) is 2.22. The highest BCUT2D eigenvalue weighted by molar-refractivity contribution is 6.40. The fourth-order valence-electron chi connectivity index (χ4n) is 1.31. The summed E-state index contributed by atoms with van der Waals surface area (Å²) < 4.78 is 0. The molecule has 1 rings (SSSR count). The SMILES string of the molecule is CCC(=O)C(=O)Nc1ccc(C)cc1C. The molecule has 0 aliphatic carbocycles. The molecule has 0 fully saturated rings. The Morgan fingerprint density at radius 1 is 1.27 bits per heavy atom. The number of rotatable bonds is 3. The molecule has 0 saturated carbocycles. The second kappa shape index (κ2) is 4.73. The van der Waals surface area contributed by atoms with Crippen molar-refractivity contribution in [1.82, 2.24) is 0 Å². The van der Waals surface area contributed by atoms with Crippen molar-refractivity contribution in [3.05, 3.63) is 29.3 Å². The Morgan fingerprint density at radius 2 is 1.93 bits per heavy atom. The molecule has 3 heteroatoms. The van der Waals surface area contributed by atoms with Gasteiger partial charge in [-0.3, -0.25) is 9.59 Å². The summed E-state index contributed by atoms with van der Waals surface area (Å²) in [5, 5.41) is 2.60. The maximum Gasteiger partial charge on any atom is 0.291 e. The van der Waals surface area contributed by atoms with Crippen molar-refractivity contribution >= 4 is 17.4 Å². The summed E-state index contributed by atoms with van der Waals surface area (Å²) in [6.07, 6.45) is 0.233. The summed E-state index contributed by atoms with van der Waals surface area (Å²) in [7, 11) is 0. The van der Waals surface area contributed by atoms with Crippen LogP contribution in [0.25, 0.3) is 0 Å². The molecule has 0 unspecified atom stereocenters. The first-order chi connectivity index (χ1) is 7.04. The van der Waals surface area contributed by atoms with E-state index < -0.39 is 11.7 Å². The summed E-state index contributed by atoms with van der Waals surface area (Å²) in [6.45, 7) is 5.55. The van der Waals surface area contributed by atoms with Crippen LogP contribution in [0, 0.1) is 13.8 Å². The summed E-state index contributed by atoms with van der Waals surface area (Å²) >= 11 is 0. The van der Waals surface area contributed by atoms with E-state index in [0.717, 1.165) is 11.1 Å². The normalized spacial score (nSPS) is 9.80. The first-order valence-electron chi connectivity index (χ1n) is 4.96. The number of anilines is 1. The van der Waals surface area contributed by atoms with Crippen LogP contribution < -0.4 is 5.32 Å². The summed E-state index contributed by atoms with van der Waals surface area (Å²) in [4.78, 5) is 22.4. The zero-order valence-corrected chi connectivity index (χ0v) is 9.26. The van der Waals surface area contributed by atoms with Crippen LogP contribution in [0.15, 0.2) is 18.2 Å². The quantitative estimate of drug-likeness (QED) is 0.769. The van der Waals surface area contributed by atoms with Crippen molar-refractivity contribution in [2.24, 2.45) is 0 Å². The number of aryl methyl sites for hydroxylation is 2. The van der Waals surface area contributed by atoms with Crippen molar-refractivity contribution in [3.8, 4) is 0 Å². The standard InChI is InChI=1S/C12H15NO2/c1-4-11(14)12(15)13-10-6-5-8(2)7-9(10)3/h5-7H,4H2,1-3H3,(H,13,15). The van der Waals surface area contributed by atoms with Gasteiger partial charge in [0.15, 0.2) is 0 Å². The first-order valence-corrected chi connectivity index (χ1v) is 4.96. The predicted molar refractivity (Wildman–Crippen MR) is 59.8 cm³/mol. The van der Waals surface area contributed by atoms with Gasteiger partial charge in [0.2, 0.25) is 5.78 Å². The van der Waals surface area contributed by atoms with Gasteiger partial charge in [-0.15, -0.1) is 0 Å². The molecule has 0 spiro atoms. The van der Waals surface area contributed by atoms with E-state index in [1.165, 1.54) is 0 Å². The van der Waals surface area contributed by atoms with Crippen molar-refractivity contribution < 1.29 is 9.59 Å². The Bertz CT molecular complexity index is 397. The molecule has 1 amide bonds. The van der Waals surface area contributed by atoms with Gasteiger partial charge >= 0.3 is 0 Å². The van der Waals surface area contributed by atoms with Gasteiger partial charge in [-0.2, -0.15) is 0 Å². The number of amides is 1. The van der Waals surface area contributed by atoms with Crippen molar-refractivity contribution in [3.63, 3.8) is 0 Å². The smallest absolute Gasteiger partial charge is 0.291 e. The van der Waals surface area contributed by atoms with Crippen molar-refractivity contribution in [2.45, 2.75) is 27.2 Å². The molecule has 0 heterocycles. The molecule has 0 radical (unpaired) electrons. The fraction of sp³-hybridized carbons (Fsp3) is 0.333. The maximum atomic E-state index is 11.3. The van der Waals surface area contributed by atoms with E-state index in [0.29, 0.717) is 5.69 Å². The summed E-state index contributed by atoms with van der Waals surface area (Å²) in [6, 6.07) is 5.68. The zero-order chi connectivity index (χ0) is 11.4. The Kier molecular flexibility index (Phi) is 3.61. The molecule has 0 aromatic heterocycles. The molecule has 1 aromatic rings. The molecule has 80 valence electrons. The number of hydrogen-bond acceptors (Lipinski definition) is 2. The third-order valence-electron chi connectivity index (χ3n) is 2.20. The molecule has 3 nitrogen and oxygen atoms in total. The first kappa shape index (κ1) is 11.4. The highest BCUT2D eigenvalue weighted by Gasteiger charge is 2.11. The Labute approximate surface area is 89.5 Å². The molecule has 0 aliphatic heterocycles. The van der Waals surface area contributed by atoms with Gasteiger partial charge in [0.25, 0.3) is 5.91 Å². The highest BCUT2D eigenvalue weighted by Crippen LogP contribution is 2.15. The minimum Gasteiger partial charge on any atom is -0.319 e. The van der Waals surface area contributed by atoms with Gasteiger partial charge in [0.1, 0.15) is 0 Å². The maximum absolute atomic E-state index is 11.3. The summed E-state index contributed by atoms with van der Waals surface area (Å²) in [5.74, 6) is -0.931. The second-order valence-corrected chi connectivity index (χ2v) is 3.55. The van der Waals surface area contributed by atoms with E-state index in [4.69, 9.17) is 0 Å². The number of Topliss-reactive ketones (excluding diaryl/α,β-unsaturated/α-hetero) is 1. The molecule has 0 saturated heterocycles.